The van der Waals surface area contributed by atoms with Crippen molar-refractivity contribution in [3.63, 3.8) is 0 Å². The van der Waals surface area contributed by atoms with E-state index in [4.69, 9.17) is 5.73 Å². The lowest BCUT2D eigenvalue weighted by atomic mass is 9.91. The molecule has 0 saturated carbocycles. The van der Waals surface area contributed by atoms with E-state index in [1.807, 2.05) is 0 Å². The maximum absolute atomic E-state index is 6.43. The number of hydrogen-bond donors (Lipinski definition) is 1. The summed E-state index contributed by atoms with van der Waals surface area (Å²) in [6.07, 6.45) is 3.37. The number of nitrogens with two attached hydrogens (primary N) is 1. The number of rotatable bonds is 3. The van der Waals surface area contributed by atoms with Gasteiger partial charge in [-0.3, -0.25) is 0 Å². The van der Waals surface area contributed by atoms with Crippen molar-refractivity contribution < 1.29 is 0 Å². The Bertz CT molecular complexity index is 549. The Morgan fingerprint density at radius 3 is 2.89 bits per heavy atom. The molecule has 0 amide bonds. The molecule has 1 aromatic carbocycles. The van der Waals surface area contributed by atoms with Gasteiger partial charge in [0.25, 0.3) is 0 Å². The summed E-state index contributed by atoms with van der Waals surface area (Å²) in [4.78, 5) is 1.37. The molecule has 0 spiro atoms. The third-order valence-electron chi connectivity index (χ3n) is 3.76. The molecule has 0 bridgehead atoms. The van der Waals surface area contributed by atoms with Crippen molar-refractivity contribution >= 4 is 27.3 Å². The van der Waals surface area contributed by atoms with E-state index in [-0.39, 0.29) is 6.04 Å². The summed E-state index contributed by atoms with van der Waals surface area (Å²) in [6, 6.07) is 13.3. The Morgan fingerprint density at radius 2 is 2.11 bits per heavy atom. The zero-order valence-electron chi connectivity index (χ0n) is 10.1. The Kier molecular flexibility index (Phi) is 3.55. The van der Waals surface area contributed by atoms with Gasteiger partial charge in [-0.2, -0.15) is 0 Å². The summed E-state index contributed by atoms with van der Waals surface area (Å²) in [5.41, 5.74) is 9.39. The van der Waals surface area contributed by atoms with Gasteiger partial charge in [-0.1, -0.05) is 24.3 Å². The van der Waals surface area contributed by atoms with Crippen LogP contribution in [0.3, 0.4) is 0 Å². The molecular formula is C15H16BrNS. The second-order valence-electron chi connectivity index (χ2n) is 4.92. The first-order chi connectivity index (χ1) is 8.74. The minimum absolute atomic E-state index is 0.235. The Morgan fingerprint density at radius 1 is 1.28 bits per heavy atom. The van der Waals surface area contributed by atoms with Gasteiger partial charge in [0.15, 0.2) is 0 Å². The largest absolute Gasteiger partial charge is 0.327 e. The summed E-state index contributed by atoms with van der Waals surface area (Å²) >= 11 is 5.30. The highest BCUT2D eigenvalue weighted by Gasteiger charge is 2.27. The Balaban J connectivity index is 1.76. The molecule has 0 radical (unpaired) electrons. The van der Waals surface area contributed by atoms with Gasteiger partial charge in [0, 0.05) is 10.9 Å². The van der Waals surface area contributed by atoms with Crippen molar-refractivity contribution in [2.24, 2.45) is 5.73 Å². The predicted molar refractivity (Wildman–Crippen MR) is 81.2 cm³/mol. The molecule has 1 aliphatic carbocycles. The van der Waals surface area contributed by atoms with Gasteiger partial charge >= 0.3 is 0 Å². The van der Waals surface area contributed by atoms with Gasteiger partial charge in [0.05, 0.1) is 3.79 Å². The highest BCUT2D eigenvalue weighted by molar-refractivity contribution is 9.11. The fourth-order valence-electron chi connectivity index (χ4n) is 2.87. The van der Waals surface area contributed by atoms with Crippen molar-refractivity contribution in [1.82, 2.24) is 0 Å². The normalized spacial score (nSPS) is 19.8. The maximum atomic E-state index is 6.43. The quantitative estimate of drug-likeness (QED) is 0.904. The molecular weight excluding hydrogens is 306 g/mol. The van der Waals surface area contributed by atoms with Crippen LogP contribution < -0.4 is 5.73 Å². The molecule has 1 aliphatic rings. The van der Waals surface area contributed by atoms with E-state index >= 15 is 0 Å². The summed E-state index contributed by atoms with van der Waals surface area (Å²) < 4.78 is 1.19. The third kappa shape index (κ3) is 2.40. The molecule has 0 fully saturated rings. The molecule has 2 atom stereocenters. The van der Waals surface area contributed by atoms with Crippen molar-refractivity contribution in [2.75, 3.05) is 0 Å². The Hall–Kier alpha value is -0.640. The van der Waals surface area contributed by atoms with Crippen molar-refractivity contribution in [2.45, 2.75) is 31.2 Å². The van der Waals surface area contributed by atoms with Gasteiger partial charge in [-0.15, -0.1) is 11.3 Å². The van der Waals surface area contributed by atoms with E-state index in [2.05, 4.69) is 52.3 Å². The molecule has 0 saturated heterocycles. The van der Waals surface area contributed by atoms with Gasteiger partial charge in [-0.25, -0.2) is 0 Å². The standard InChI is InChI=1S/C15H16BrNS/c16-15-8-6-11(18-15)9-14(17)13-7-5-10-3-1-2-4-12(10)13/h1-4,6,8,13-14H,5,7,9,17H2. The van der Waals surface area contributed by atoms with E-state index in [0.717, 1.165) is 6.42 Å². The average Bonchev–Trinajstić information content (AvgIpc) is 2.95. The van der Waals surface area contributed by atoms with Crippen LogP contribution in [0, 0.1) is 0 Å². The van der Waals surface area contributed by atoms with Crippen LogP contribution in [0.15, 0.2) is 40.2 Å². The second kappa shape index (κ2) is 5.16. The molecule has 3 rings (SSSR count). The number of halogens is 1. The first kappa shape index (κ1) is 12.4. The lowest BCUT2D eigenvalue weighted by molar-refractivity contribution is 0.528. The fraction of sp³-hybridized carbons (Fsp3) is 0.333. The maximum Gasteiger partial charge on any atom is 0.0701 e. The monoisotopic (exact) mass is 321 g/mol. The number of benzene rings is 1. The van der Waals surface area contributed by atoms with Crippen LogP contribution in [0.5, 0.6) is 0 Å². The number of fused-ring (bicyclic) bond motifs is 1. The minimum atomic E-state index is 0.235. The summed E-state index contributed by atoms with van der Waals surface area (Å²) in [5, 5.41) is 0. The minimum Gasteiger partial charge on any atom is -0.327 e. The van der Waals surface area contributed by atoms with Crippen molar-refractivity contribution in [1.29, 1.82) is 0 Å². The zero-order valence-corrected chi connectivity index (χ0v) is 12.5. The third-order valence-corrected chi connectivity index (χ3v) is 5.41. The van der Waals surface area contributed by atoms with Crippen LogP contribution in [0.25, 0.3) is 0 Å². The molecule has 3 heteroatoms. The number of aryl methyl sites for hydroxylation is 1. The zero-order chi connectivity index (χ0) is 12.5. The van der Waals surface area contributed by atoms with E-state index < -0.39 is 0 Å². The molecule has 18 heavy (non-hydrogen) atoms. The van der Waals surface area contributed by atoms with Crippen LogP contribution in [0.1, 0.15) is 28.3 Å². The highest BCUT2D eigenvalue weighted by Crippen LogP contribution is 2.36. The van der Waals surface area contributed by atoms with Gasteiger partial charge in [-0.05, 0) is 64.4 Å². The van der Waals surface area contributed by atoms with Gasteiger partial charge < -0.3 is 5.73 Å². The van der Waals surface area contributed by atoms with Crippen LogP contribution in [-0.2, 0) is 12.8 Å². The molecule has 94 valence electrons. The van der Waals surface area contributed by atoms with Crippen LogP contribution >= 0.6 is 27.3 Å². The first-order valence-electron chi connectivity index (χ1n) is 6.31. The number of thiophene rings is 1. The molecule has 1 aromatic heterocycles. The summed E-state index contributed by atoms with van der Waals surface area (Å²) in [6.45, 7) is 0. The van der Waals surface area contributed by atoms with Crippen LogP contribution in [0.2, 0.25) is 0 Å². The highest BCUT2D eigenvalue weighted by atomic mass is 79.9. The van der Waals surface area contributed by atoms with Gasteiger partial charge in [0.2, 0.25) is 0 Å². The topological polar surface area (TPSA) is 26.0 Å². The van der Waals surface area contributed by atoms with Crippen LogP contribution in [0.4, 0.5) is 0 Å². The molecule has 1 heterocycles. The molecule has 0 aliphatic heterocycles. The van der Waals surface area contributed by atoms with Crippen molar-refractivity contribution in [3.8, 4) is 0 Å². The first-order valence-corrected chi connectivity index (χ1v) is 7.92. The fourth-order valence-corrected chi connectivity index (χ4v) is 4.43. The lowest BCUT2D eigenvalue weighted by Crippen LogP contribution is -2.29. The summed E-state index contributed by atoms with van der Waals surface area (Å²) in [7, 11) is 0. The lowest BCUT2D eigenvalue weighted by Gasteiger charge is -2.19. The van der Waals surface area contributed by atoms with Crippen molar-refractivity contribution in [3.05, 3.63) is 56.2 Å². The molecule has 1 nitrogen and oxygen atoms in total. The van der Waals surface area contributed by atoms with E-state index in [1.165, 1.54) is 32.6 Å². The smallest absolute Gasteiger partial charge is 0.0701 e. The molecule has 2 N–H and O–H groups in total. The predicted octanol–water partition coefficient (Wildman–Crippen LogP) is 4.11. The number of hydrogen-bond acceptors (Lipinski definition) is 2. The molecule has 2 aromatic rings. The SMILES string of the molecule is NC(Cc1ccc(Br)s1)C1CCc2ccccc21. The molecule has 2 unspecified atom stereocenters. The average molecular weight is 322 g/mol. The Labute approximate surface area is 120 Å². The van der Waals surface area contributed by atoms with E-state index in [1.54, 1.807) is 11.3 Å². The van der Waals surface area contributed by atoms with E-state index in [9.17, 15) is 0 Å². The summed E-state index contributed by atoms with van der Waals surface area (Å²) in [5.74, 6) is 0.530. The van der Waals surface area contributed by atoms with E-state index in [0.29, 0.717) is 5.92 Å². The van der Waals surface area contributed by atoms with Gasteiger partial charge in [0.1, 0.15) is 0 Å². The van der Waals surface area contributed by atoms with Crippen LogP contribution in [-0.4, -0.2) is 6.04 Å². The second-order valence-corrected chi connectivity index (χ2v) is 7.47.